The summed E-state index contributed by atoms with van der Waals surface area (Å²) in [5, 5.41) is 1.14. The summed E-state index contributed by atoms with van der Waals surface area (Å²) in [7, 11) is 0. The maximum atomic E-state index is 12.9. The van der Waals surface area contributed by atoms with Crippen LogP contribution in [0.5, 0.6) is 0 Å². The van der Waals surface area contributed by atoms with Crippen molar-refractivity contribution in [3.63, 3.8) is 0 Å². The average Bonchev–Trinajstić information content (AvgIpc) is 2.75. The van der Waals surface area contributed by atoms with E-state index < -0.39 is 0 Å². The molecular weight excluding hydrogens is 382 g/mol. The number of unbranched alkanes of at least 4 members (excludes halogenated alkanes) is 1. The molecular formula is C27H35N3O. The molecule has 1 aliphatic rings. The smallest absolute Gasteiger partial charge is 0.256 e. The monoisotopic (exact) mass is 417 g/mol. The minimum atomic E-state index is -0.0694. The molecule has 1 saturated heterocycles. The van der Waals surface area contributed by atoms with Gasteiger partial charge < -0.3 is 10.7 Å². The topological polar surface area (TPSA) is 62.1 Å². The molecule has 4 rings (SSSR count). The van der Waals surface area contributed by atoms with Crippen LogP contribution in [0.25, 0.3) is 22.0 Å². The van der Waals surface area contributed by atoms with Crippen molar-refractivity contribution in [2.45, 2.75) is 77.4 Å². The molecule has 3 N–H and O–H groups in total. The molecule has 4 nitrogen and oxygen atoms in total. The largest absolute Gasteiger partial charge is 0.399 e. The van der Waals surface area contributed by atoms with E-state index in [1.807, 2.05) is 30.3 Å². The second-order valence-electron chi connectivity index (χ2n) is 9.18. The Labute approximate surface area is 185 Å². The molecule has 0 saturated carbocycles. The summed E-state index contributed by atoms with van der Waals surface area (Å²) in [5.74, 6) is 0. The molecule has 164 valence electrons. The maximum absolute atomic E-state index is 12.9. The van der Waals surface area contributed by atoms with Crippen LogP contribution < -0.4 is 11.3 Å². The SMILES string of the molecule is CCCCC(c1cccc2[nH]c(=O)c(-c3cccc(N)c3)cc12)N1C(C)CCCC1C. The lowest BCUT2D eigenvalue weighted by molar-refractivity contribution is 0.0496. The van der Waals surface area contributed by atoms with Gasteiger partial charge in [0.2, 0.25) is 0 Å². The Bertz CT molecular complexity index is 1090. The first-order valence-corrected chi connectivity index (χ1v) is 11.8. The summed E-state index contributed by atoms with van der Waals surface area (Å²) >= 11 is 0. The summed E-state index contributed by atoms with van der Waals surface area (Å²) < 4.78 is 0. The zero-order chi connectivity index (χ0) is 22.0. The van der Waals surface area contributed by atoms with Gasteiger partial charge in [0.1, 0.15) is 0 Å². The summed E-state index contributed by atoms with van der Waals surface area (Å²) in [4.78, 5) is 18.8. The minimum Gasteiger partial charge on any atom is -0.399 e. The predicted octanol–water partition coefficient (Wildman–Crippen LogP) is 6.27. The van der Waals surface area contributed by atoms with Gasteiger partial charge in [-0.1, -0.05) is 50.5 Å². The van der Waals surface area contributed by atoms with Crippen molar-refractivity contribution >= 4 is 16.6 Å². The summed E-state index contributed by atoms with van der Waals surface area (Å²) in [6.45, 7) is 7.01. The lowest BCUT2D eigenvalue weighted by atomic mass is 9.88. The zero-order valence-corrected chi connectivity index (χ0v) is 19.0. The van der Waals surface area contributed by atoms with Gasteiger partial charge in [-0.3, -0.25) is 9.69 Å². The highest BCUT2D eigenvalue weighted by Crippen LogP contribution is 2.38. The van der Waals surface area contributed by atoms with Crippen molar-refractivity contribution < 1.29 is 0 Å². The second-order valence-corrected chi connectivity index (χ2v) is 9.18. The number of rotatable bonds is 6. The third-order valence-corrected chi connectivity index (χ3v) is 6.93. The first-order valence-electron chi connectivity index (χ1n) is 11.8. The van der Waals surface area contributed by atoms with E-state index in [0.717, 1.165) is 22.9 Å². The number of anilines is 1. The van der Waals surface area contributed by atoms with Crippen molar-refractivity contribution in [2.24, 2.45) is 0 Å². The van der Waals surface area contributed by atoms with E-state index in [-0.39, 0.29) is 5.56 Å². The quantitative estimate of drug-likeness (QED) is 0.465. The Morgan fingerprint density at radius 3 is 2.55 bits per heavy atom. The van der Waals surface area contributed by atoms with E-state index in [4.69, 9.17) is 5.73 Å². The van der Waals surface area contributed by atoms with Crippen LogP contribution in [-0.4, -0.2) is 22.0 Å². The first kappa shape index (κ1) is 21.6. The van der Waals surface area contributed by atoms with Gasteiger partial charge in [0.05, 0.1) is 0 Å². The highest BCUT2D eigenvalue weighted by atomic mass is 16.1. The summed E-state index contributed by atoms with van der Waals surface area (Å²) in [6, 6.07) is 17.5. The van der Waals surface area contributed by atoms with Crippen molar-refractivity contribution in [2.75, 3.05) is 5.73 Å². The van der Waals surface area contributed by atoms with Crippen molar-refractivity contribution in [3.8, 4) is 11.1 Å². The number of nitrogen functional groups attached to an aromatic ring is 1. The molecule has 2 aromatic carbocycles. The highest BCUT2D eigenvalue weighted by Gasteiger charge is 2.32. The normalized spacial score (nSPS) is 20.7. The number of pyridine rings is 1. The number of benzene rings is 2. The molecule has 0 bridgehead atoms. The van der Waals surface area contributed by atoms with Crippen LogP contribution in [0, 0.1) is 0 Å². The number of aromatic nitrogens is 1. The molecule has 2 heterocycles. The minimum absolute atomic E-state index is 0.0694. The van der Waals surface area contributed by atoms with Crippen LogP contribution in [0.2, 0.25) is 0 Å². The number of nitrogens with zero attached hydrogens (tertiary/aromatic N) is 1. The van der Waals surface area contributed by atoms with Crippen LogP contribution in [0.4, 0.5) is 5.69 Å². The fourth-order valence-electron chi connectivity index (χ4n) is 5.38. The molecule has 31 heavy (non-hydrogen) atoms. The molecule has 3 atom stereocenters. The number of nitrogens with one attached hydrogen (secondary N) is 1. The van der Waals surface area contributed by atoms with E-state index in [2.05, 4.69) is 48.9 Å². The number of H-pyrrole nitrogens is 1. The van der Waals surface area contributed by atoms with E-state index >= 15 is 0 Å². The fraction of sp³-hybridized carbons (Fsp3) is 0.444. The molecule has 1 aliphatic heterocycles. The Morgan fingerprint density at radius 2 is 1.84 bits per heavy atom. The number of hydrogen-bond acceptors (Lipinski definition) is 3. The van der Waals surface area contributed by atoms with Gasteiger partial charge >= 0.3 is 0 Å². The van der Waals surface area contributed by atoms with Gasteiger partial charge in [-0.05, 0) is 68.5 Å². The lowest BCUT2D eigenvalue weighted by Gasteiger charge is -2.45. The van der Waals surface area contributed by atoms with Crippen LogP contribution in [0.1, 0.15) is 70.9 Å². The van der Waals surface area contributed by atoms with Gasteiger partial charge in [-0.25, -0.2) is 0 Å². The number of likely N-dealkylation sites (tertiary alicyclic amines) is 1. The zero-order valence-electron chi connectivity index (χ0n) is 19.0. The molecule has 3 unspecified atom stereocenters. The maximum Gasteiger partial charge on any atom is 0.256 e. The number of aromatic amines is 1. The van der Waals surface area contributed by atoms with Gasteiger partial charge in [0.25, 0.3) is 5.56 Å². The Hall–Kier alpha value is -2.59. The van der Waals surface area contributed by atoms with Gasteiger partial charge in [-0.2, -0.15) is 0 Å². The number of nitrogens with two attached hydrogens (primary N) is 1. The van der Waals surface area contributed by atoms with E-state index in [0.29, 0.717) is 29.4 Å². The van der Waals surface area contributed by atoms with Crippen LogP contribution >= 0.6 is 0 Å². The molecule has 0 radical (unpaired) electrons. The number of piperidine rings is 1. The number of hydrogen-bond donors (Lipinski definition) is 2. The Balaban J connectivity index is 1.88. The van der Waals surface area contributed by atoms with Gasteiger partial charge in [0, 0.05) is 40.3 Å². The van der Waals surface area contributed by atoms with Crippen molar-refractivity contribution in [3.05, 3.63) is 64.4 Å². The van der Waals surface area contributed by atoms with E-state index in [1.54, 1.807) is 0 Å². The van der Waals surface area contributed by atoms with Crippen LogP contribution in [0.15, 0.2) is 53.3 Å². The van der Waals surface area contributed by atoms with Crippen molar-refractivity contribution in [1.82, 2.24) is 9.88 Å². The third-order valence-electron chi connectivity index (χ3n) is 6.93. The molecule has 4 heteroatoms. The van der Waals surface area contributed by atoms with Gasteiger partial charge in [-0.15, -0.1) is 0 Å². The molecule has 0 amide bonds. The molecule has 1 fully saturated rings. The second kappa shape index (κ2) is 9.27. The lowest BCUT2D eigenvalue weighted by Crippen LogP contribution is -2.46. The molecule has 0 spiro atoms. The number of fused-ring (bicyclic) bond motifs is 1. The predicted molar refractivity (Wildman–Crippen MR) is 131 cm³/mol. The van der Waals surface area contributed by atoms with E-state index in [9.17, 15) is 4.79 Å². The van der Waals surface area contributed by atoms with Crippen LogP contribution in [-0.2, 0) is 0 Å². The van der Waals surface area contributed by atoms with E-state index in [1.165, 1.54) is 37.7 Å². The molecule has 3 aromatic rings. The van der Waals surface area contributed by atoms with Crippen LogP contribution in [0.3, 0.4) is 0 Å². The Morgan fingerprint density at radius 1 is 1.10 bits per heavy atom. The summed E-state index contributed by atoms with van der Waals surface area (Å²) in [5.41, 5.74) is 10.4. The molecule has 1 aromatic heterocycles. The van der Waals surface area contributed by atoms with Crippen molar-refractivity contribution in [1.29, 1.82) is 0 Å². The first-order chi connectivity index (χ1) is 15.0. The molecule has 0 aliphatic carbocycles. The standard InChI is InChI=1S/C27H35N3O/c1-4-5-15-26(30-18(2)9-6-10-19(30)3)22-13-8-14-25-24(22)17-23(27(31)29-25)20-11-7-12-21(28)16-20/h7-8,11-14,16-19,26H,4-6,9-10,15,28H2,1-3H3,(H,29,31). The average molecular weight is 418 g/mol. The summed E-state index contributed by atoms with van der Waals surface area (Å²) in [6.07, 6.45) is 7.33. The highest BCUT2D eigenvalue weighted by molar-refractivity contribution is 5.87. The Kier molecular flexibility index (Phi) is 6.47. The fourth-order valence-corrected chi connectivity index (χ4v) is 5.38. The van der Waals surface area contributed by atoms with Gasteiger partial charge in [0.15, 0.2) is 0 Å². The third kappa shape index (κ3) is 4.40.